The lowest BCUT2D eigenvalue weighted by molar-refractivity contribution is 0.348. The minimum atomic E-state index is 0.170. The lowest BCUT2D eigenvalue weighted by atomic mass is 9.83. The fourth-order valence-corrected chi connectivity index (χ4v) is 2.63. The molecule has 4 nitrogen and oxygen atoms in total. The SMILES string of the molecule is CCc1c(N)ncnc1NC1(C)CCCCC1. The zero-order valence-electron chi connectivity index (χ0n) is 10.8. The summed E-state index contributed by atoms with van der Waals surface area (Å²) in [5.74, 6) is 1.52. The smallest absolute Gasteiger partial charge is 0.135 e. The van der Waals surface area contributed by atoms with E-state index in [2.05, 4.69) is 29.1 Å². The molecule has 1 aliphatic rings. The van der Waals surface area contributed by atoms with Crippen molar-refractivity contribution >= 4 is 11.6 Å². The highest BCUT2D eigenvalue weighted by Crippen LogP contribution is 2.32. The van der Waals surface area contributed by atoms with Gasteiger partial charge in [0, 0.05) is 11.1 Å². The van der Waals surface area contributed by atoms with Gasteiger partial charge in [-0.1, -0.05) is 26.2 Å². The Kier molecular flexibility index (Phi) is 3.50. The summed E-state index contributed by atoms with van der Waals surface area (Å²) in [5, 5.41) is 3.59. The fourth-order valence-electron chi connectivity index (χ4n) is 2.63. The predicted octanol–water partition coefficient (Wildman–Crippen LogP) is 2.76. The first kappa shape index (κ1) is 12.1. The Morgan fingerprint density at radius 3 is 2.65 bits per heavy atom. The summed E-state index contributed by atoms with van der Waals surface area (Å²) in [4.78, 5) is 8.40. The summed E-state index contributed by atoms with van der Waals surface area (Å²) >= 11 is 0. The quantitative estimate of drug-likeness (QED) is 0.844. The molecule has 0 radical (unpaired) electrons. The standard InChI is InChI=1S/C13H22N4/c1-3-10-11(14)15-9-16-12(10)17-13(2)7-5-4-6-8-13/h9H,3-8H2,1-2H3,(H3,14,15,16,17). The van der Waals surface area contributed by atoms with E-state index in [1.165, 1.54) is 32.1 Å². The lowest BCUT2D eigenvalue weighted by Crippen LogP contribution is -2.37. The third kappa shape index (κ3) is 2.68. The number of hydrogen-bond acceptors (Lipinski definition) is 4. The maximum Gasteiger partial charge on any atom is 0.135 e. The molecule has 0 atom stereocenters. The third-order valence-corrected chi connectivity index (χ3v) is 3.71. The molecule has 0 aromatic carbocycles. The maximum atomic E-state index is 5.89. The number of rotatable bonds is 3. The molecule has 0 aliphatic heterocycles. The van der Waals surface area contributed by atoms with Gasteiger partial charge in [0.15, 0.2) is 0 Å². The van der Waals surface area contributed by atoms with Crippen LogP contribution in [0.2, 0.25) is 0 Å². The Labute approximate surface area is 103 Å². The summed E-state index contributed by atoms with van der Waals surface area (Å²) in [6.45, 7) is 4.37. The molecule has 0 bridgehead atoms. The van der Waals surface area contributed by atoms with E-state index in [0.717, 1.165) is 17.8 Å². The van der Waals surface area contributed by atoms with Gasteiger partial charge in [-0.2, -0.15) is 0 Å². The molecule has 1 aliphatic carbocycles. The van der Waals surface area contributed by atoms with Crippen LogP contribution < -0.4 is 11.1 Å². The molecule has 1 fully saturated rings. The Morgan fingerprint density at radius 2 is 2.00 bits per heavy atom. The van der Waals surface area contributed by atoms with Crippen molar-refractivity contribution in [3.63, 3.8) is 0 Å². The summed E-state index contributed by atoms with van der Waals surface area (Å²) < 4.78 is 0. The first-order valence-electron chi connectivity index (χ1n) is 6.52. The van der Waals surface area contributed by atoms with Crippen molar-refractivity contribution in [3.8, 4) is 0 Å². The Morgan fingerprint density at radius 1 is 1.29 bits per heavy atom. The molecule has 4 heteroatoms. The highest BCUT2D eigenvalue weighted by molar-refractivity contribution is 5.56. The molecule has 0 amide bonds. The highest BCUT2D eigenvalue weighted by Gasteiger charge is 2.27. The number of nitrogen functional groups attached to an aromatic ring is 1. The van der Waals surface area contributed by atoms with E-state index in [1.54, 1.807) is 6.33 Å². The number of nitrogens with two attached hydrogens (primary N) is 1. The van der Waals surface area contributed by atoms with Crippen LogP contribution in [0.5, 0.6) is 0 Å². The maximum absolute atomic E-state index is 5.89. The average molecular weight is 234 g/mol. The molecule has 0 unspecified atom stereocenters. The van der Waals surface area contributed by atoms with E-state index in [0.29, 0.717) is 5.82 Å². The molecule has 94 valence electrons. The average Bonchev–Trinajstić information content (AvgIpc) is 2.30. The van der Waals surface area contributed by atoms with Crippen molar-refractivity contribution in [2.75, 3.05) is 11.1 Å². The van der Waals surface area contributed by atoms with Gasteiger partial charge in [-0.3, -0.25) is 0 Å². The first-order chi connectivity index (χ1) is 8.14. The van der Waals surface area contributed by atoms with Crippen molar-refractivity contribution in [2.24, 2.45) is 0 Å². The number of aromatic nitrogens is 2. The molecular weight excluding hydrogens is 212 g/mol. The Bertz CT molecular complexity index is 383. The number of hydrogen-bond donors (Lipinski definition) is 2. The van der Waals surface area contributed by atoms with Crippen molar-refractivity contribution in [3.05, 3.63) is 11.9 Å². The van der Waals surface area contributed by atoms with Gasteiger partial charge < -0.3 is 11.1 Å². The van der Waals surface area contributed by atoms with E-state index in [1.807, 2.05) is 0 Å². The lowest BCUT2D eigenvalue weighted by Gasteiger charge is -2.35. The zero-order valence-corrected chi connectivity index (χ0v) is 10.8. The summed E-state index contributed by atoms with van der Waals surface area (Å²) in [6, 6.07) is 0. The molecule has 0 saturated heterocycles. The van der Waals surface area contributed by atoms with Crippen LogP contribution in [0.1, 0.15) is 51.5 Å². The fraction of sp³-hybridized carbons (Fsp3) is 0.692. The van der Waals surface area contributed by atoms with Gasteiger partial charge in [0.2, 0.25) is 0 Å². The minimum absolute atomic E-state index is 0.170. The second-order valence-electron chi connectivity index (χ2n) is 5.19. The van der Waals surface area contributed by atoms with Crippen LogP contribution in [0.25, 0.3) is 0 Å². The summed E-state index contributed by atoms with van der Waals surface area (Å²) in [7, 11) is 0. The molecule has 1 aromatic heterocycles. The van der Waals surface area contributed by atoms with E-state index in [4.69, 9.17) is 5.73 Å². The number of nitrogens with zero attached hydrogens (tertiary/aromatic N) is 2. The van der Waals surface area contributed by atoms with Crippen LogP contribution in [0.3, 0.4) is 0 Å². The second-order valence-corrected chi connectivity index (χ2v) is 5.19. The van der Waals surface area contributed by atoms with Crippen LogP contribution in [0, 0.1) is 0 Å². The van der Waals surface area contributed by atoms with E-state index in [-0.39, 0.29) is 5.54 Å². The van der Waals surface area contributed by atoms with Gasteiger partial charge in [0.25, 0.3) is 0 Å². The molecule has 1 aromatic rings. The normalized spacial score (nSPS) is 18.9. The third-order valence-electron chi connectivity index (χ3n) is 3.71. The highest BCUT2D eigenvalue weighted by atomic mass is 15.1. The van der Waals surface area contributed by atoms with Crippen LogP contribution in [-0.4, -0.2) is 15.5 Å². The van der Waals surface area contributed by atoms with Gasteiger partial charge in [-0.15, -0.1) is 0 Å². The topological polar surface area (TPSA) is 63.8 Å². The molecular formula is C13H22N4. The van der Waals surface area contributed by atoms with Crippen molar-refractivity contribution in [1.82, 2.24) is 9.97 Å². The predicted molar refractivity (Wildman–Crippen MR) is 70.9 cm³/mol. The van der Waals surface area contributed by atoms with Crippen molar-refractivity contribution in [2.45, 2.75) is 57.9 Å². The summed E-state index contributed by atoms with van der Waals surface area (Å²) in [6.07, 6.45) is 8.77. The van der Waals surface area contributed by atoms with Gasteiger partial charge in [-0.05, 0) is 26.2 Å². The monoisotopic (exact) mass is 234 g/mol. The zero-order chi connectivity index (χ0) is 12.3. The van der Waals surface area contributed by atoms with Crippen LogP contribution in [0.15, 0.2) is 6.33 Å². The van der Waals surface area contributed by atoms with Crippen LogP contribution in [-0.2, 0) is 6.42 Å². The van der Waals surface area contributed by atoms with Gasteiger partial charge in [0.05, 0.1) is 0 Å². The second kappa shape index (κ2) is 4.90. The van der Waals surface area contributed by atoms with Crippen LogP contribution >= 0.6 is 0 Å². The Hall–Kier alpha value is -1.32. The van der Waals surface area contributed by atoms with E-state index >= 15 is 0 Å². The van der Waals surface area contributed by atoms with E-state index in [9.17, 15) is 0 Å². The molecule has 17 heavy (non-hydrogen) atoms. The molecule has 3 N–H and O–H groups in total. The van der Waals surface area contributed by atoms with Gasteiger partial charge >= 0.3 is 0 Å². The molecule has 1 saturated carbocycles. The molecule has 0 spiro atoms. The Balaban J connectivity index is 2.20. The van der Waals surface area contributed by atoms with Crippen LogP contribution in [0.4, 0.5) is 11.6 Å². The minimum Gasteiger partial charge on any atom is -0.383 e. The number of nitrogens with one attached hydrogen (secondary N) is 1. The summed E-state index contributed by atoms with van der Waals surface area (Å²) in [5.41, 5.74) is 7.10. The van der Waals surface area contributed by atoms with Gasteiger partial charge in [0.1, 0.15) is 18.0 Å². The molecule has 2 rings (SSSR count). The largest absolute Gasteiger partial charge is 0.383 e. The van der Waals surface area contributed by atoms with E-state index < -0.39 is 0 Å². The van der Waals surface area contributed by atoms with Crippen molar-refractivity contribution in [1.29, 1.82) is 0 Å². The van der Waals surface area contributed by atoms with Crippen molar-refractivity contribution < 1.29 is 0 Å². The number of anilines is 2. The first-order valence-corrected chi connectivity index (χ1v) is 6.52. The molecule has 1 heterocycles. The van der Waals surface area contributed by atoms with Gasteiger partial charge in [-0.25, -0.2) is 9.97 Å².